The van der Waals surface area contributed by atoms with E-state index in [9.17, 15) is 4.79 Å². The molecule has 0 saturated carbocycles. The number of carbonyl (C=O) groups is 1. The summed E-state index contributed by atoms with van der Waals surface area (Å²) in [6.45, 7) is 11.8. The normalized spacial score (nSPS) is 10.8. The van der Waals surface area contributed by atoms with Gasteiger partial charge in [-0.1, -0.05) is 13.2 Å². The molecule has 2 rings (SSSR count). The number of oxazole rings is 1. The Bertz CT molecular complexity index is 850. The number of nitrogens with zero attached hydrogens (tertiary/aromatic N) is 2. The number of ether oxygens (including phenoxy) is 2. The first-order valence-corrected chi connectivity index (χ1v) is 9.73. The molecule has 0 aliphatic rings. The third-order valence-corrected chi connectivity index (χ3v) is 4.06. The van der Waals surface area contributed by atoms with Gasteiger partial charge in [0.05, 0.1) is 13.2 Å². The van der Waals surface area contributed by atoms with Crippen molar-refractivity contribution in [2.75, 3.05) is 13.2 Å². The molecule has 0 amide bonds. The van der Waals surface area contributed by atoms with Crippen LogP contribution in [0.4, 0.5) is 5.82 Å². The van der Waals surface area contributed by atoms with Crippen molar-refractivity contribution in [2.24, 2.45) is 4.99 Å². The zero-order chi connectivity index (χ0) is 21.1. The van der Waals surface area contributed by atoms with Crippen LogP contribution in [0.25, 0.3) is 17.5 Å². The van der Waals surface area contributed by atoms with Crippen molar-refractivity contribution in [2.45, 2.75) is 39.5 Å². The first kappa shape index (κ1) is 22.1. The van der Waals surface area contributed by atoms with Crippen molar-refractivity contribution in [3.05, 3.63) is 48.8 Å². The number of esters is 1. The van der Waals surface area contributed by atoms with Crippen LogP contribution in [-0.4, -0.2) is 30.4 Å². The largest absolute Gasteiger partial charge is 0.494 e. The summed E-state index contributed by atoms with van der Waals surface area (Å²) in [6, 6.07) is 7.60. The molecule has 0 N–H and O–H groups in total. The van der Waals surface area contributed by atoms with E-state index in [0.717, 1.165) is 37.0 Å². The van der Waals surface area contributed by atoms with E-state index < -0.39 is 0 Å². The Hall–Kier alpha value is -3.15. The van der Waals surface area contributed by atoms with Crippen LogP contribution in [0.1, 0.15) is 45.3 Å². The first-order valence-electron chi connectivity index (χ1n) is 9.73. The topological polar surface area (TPSA) is 73.9 Å². The molecule has 0 fully saturated rings. The smallest absolute Gasteiger partial charge is 0.333 e. The Balaban J connectivity index is 1.71. The number of hydrogen-bond donors (Lipinski definition) is 0. The molecule has 0 aliphatic heterocycles. The quantitative estimate of drug-likeness (QED) is 0.197. The number of hydrogen-bond acceptors (Lipinski definition) is 6. The van der Waals surface area contributed by atoms with Crippen molar-refractivity contribution < 1.29 is 18.7 Å². The predicted molar refractivity (Wildman–Crippen MR) is 116 cm³/mol. The molecule has 29 heavy (non-hydrogen) atoms. The molecule has 6 nitrogen and oxygen atoms in total. The van der Waals surface area contributed by atoms with Crippen LogP contribution in [-0.2, 0) is 9.53 Å². The zero-order valence-corrected chi connectivity index (χ0v) is 17.1. The minimum absolute atomic E-state index is 0.323. The molecule has 1 heterocycles. The Labute approximate surface area is 172 Å². The number of aliphatic imine (C=N–C) groups is 1. The Morgan fingerprint density at radius 2 is 1.86 bits per heavy atom. The lowest BCUT2D eigenvalue weighted by molar-refractivity contribution is -0.139. The van der Waals surface area contributed by atoms with Crippen molar-refractivity contribution in [3.8, 4) is 17.2 Å². The van der Waals surface area contributed by atoms with E-state index in [0.29, 0.717) is 36.3 Å². The van der Waals surface area contributed by atoms with Gasteiger partial charge in [0.15, 0.2) is 11.6 Å². The van der Waals surface area contributed by atoms with Crippen LogP contribution < -0.4 is 4.74 Å². The second-order valence-corrected chi connectivity index (χ2v) is 6.50. The summed E-state index contributed by atoms with van der Waals surface area (Å²) >= 11 is 0. The lowest BCUT2D eigenvalue weighted by Crippen LogP contribution is -2.06. The average Bonchev–Trinajstić information content (AvgIpc) is 3.13. The van der Waals surface area contributed by atoms with E-state index in [4.69, 9.17) is 13.9 Å². The van der Waals surface area contributed by atoms with Gasteiger partial charge in [-0.05, 0) is 69.9 Å². The maximum atomic E-state index is 11.2. The maximum Gasteiger partial charge on any atom is 0.333 e. The average molecular weight is 396 g/mol. The Morgan fingerprint density at radius 1 is 1.17 bits per heavy atom. The highest BCUT2D eigenvalue weighted by Crippen LogP contribution is 2.28. The summed E-state index contributed by atoms with van der Waals surface area (Å²) < 4.78 is 16.5. The van der Waals surface area contributed by atoms with Gasteiger partial charge in [0.25, 0.3) is 0 Å². The standard InChI is InChI=1S/C23H28N2O4/c1-5-20-21(24-6-2)25-22(29-20)18-11-13-19(14-12-18)27-15-9-7-8-10-16-28-23(26)17(3)4/h5-6,11-14H,1,3,7-10,15-16H2,2,4H3/b24-6-. The summed E-state index contributed by atoms with van der Waals surface area (Å²) in [4.78, 5) is 19.8. The van der Waals surface area contributed by atoms with E-state index in [2.05, 4.69) is 23.1 Å². The van der Waals surface area contributed by atoms with Crippen molar-refractivity contribution in [3.63, 3.8) is 0 Å². The van der Waals surface area contributed by atoms with Gasteiger partial charge in [-0.3, -0.25) is 0 Å². The number of aromatic nitrogens is 1. The molecule has 0 radical (unpaired) electrons. The van der Waals surface area contributed by atoms with Crippen molar-refractivity contribution in [1.82, 2.24) is 4.98 Å². The molecule has 1 aromatic carbocycles. The van der Waals surface area contributed by atoms with E-state index in [1.165, 1.54) is 0 Å². The van der Waals surface area contributed by atoms with Crippen LogP contribution in [0.2, 0.25) is 0 Å². The van der Waals surface area contributed by atoms with Gasteiger partial charge in [-0.2, -0.15) is 4.98 Å². The highest BCUT2D eigenvalue weighted by molar-refractivity contribution is 5.86. The fourth-order valence-corrected chi connectivity index (χ4v) is 2.52. The SMILES string of the molecule is C=Cc1oc(-c2ccc(OCCCCCCOC(=O)C(=C)C)cc2)nc1/N=C\C. The number of rotatable bonds is 12. The number of carbonyl (C=O) groups excluding carboxylic acids is 1. The molecule has 0 bridgehead atoms. The molecule has 2 aromatic rings. The summed E-state index contributed by atoms with van der Waals surface area (Å²) in [5, 5.41) is 0. The molecule has 154 valence electrons. The van der Waals surface area contributed by atoms with Crippen LogP contribution in [0.5, 0.6) is 5.75 Å². The third-order valence-electron chi connectivity index (χ3n) is 4.06. The fourth-order valence-electron chi connectivity index (χ4n) is 2.52. The van der Waals surface area contributed by atoms with Gasteiger partial charge < -0.3 is 13.9 Å². The molecular formula is C23H28N2O4. The number of unbranched alkanes of at least 4 members (excludes halogenated alkanes) is 3. The molecule has 0 unspecified atom stereocenters. The van der Waals surface area contributed by atoms with Gasteiger partial charge in [-0.25, -0.2) is 9.79 Å². The van der Waals surface area contributed by atoms with Gasteiger partial charge in [0.1, 0.15) is 5.75 Å². The number of benzene rings is 1. The molecule has 0 atom stereocenters. The van der Waals surface area contributed by atoms with E-state index in [1.54, 1.807) is 19.2 Å². The Kier molecular flexibility index (Phi) is 8.89. The lowest BCUT2D eigenvalue weighted by Gasteiger charge is -2.07. The van der Waals surface area contributed by atoms with Crippen molar-refractivity contribution >= 4 is 24.1 Å². The maximum absolute atomic E-state index is 11.2. The zero-order valence-electron chi connectivity index (χ0n) is 17.1. The molecular weight excluding hydrogens is 368 g/mol. The van der Waals surface area contributed by atoms with E-state index in [-0.39, 0.29) is 5.97 Å². The molecule has 6 heteroatoms. The Morgan fingerprint density at radius 3 is 2.48 bits per heavy atom. The highest BCUT2D eigenvalue weighted by Gasteiger charge is 2.11. The second kappa shape index (κ2) is 11.6. The minimum atomic E-state index is -0.323. The fraction of sp³-hybridized carbons (Fsp3) is 0.348. The minimum Gasteiger partial charge on any atom is -0.494 e. The monoisotopic (exact) mass is 396 g/mol. The van der Waals surface area contributed by atoms with Crippen LogP contribution in [0.15, 0.2) is 52.4 Å². The predicted octanol–water partition coefficient (Wildman–Crippen LogP) is 5.77. The summed E-state index contributed by atoms with van der Waals surface area (Å²) in [7, 11) is 0. The molecule has 0 saturated heterocycles. The van der Waals surface area contributed by atoms with Crippen LogP contribution >= 0.6 is 0 Å². The van der Waals surface area contributed by atoms with Crippen LogP contribution in [0.3, 0.4) is 0 Å². The van der Waals surface area contributed by atoms with E-state index in [1.807, 2.05) is 31.2 Å². The summed E-state index contributed by atoms with van der Waals surface area (Å²) in [5.74, 6) is 2.04. The van der Waals surface area contributed by atoms with Gasteiger partial charge >= 0.3 is 5.97 Å². The van der Waals surface area contributed by atoms with E-state index >= 15 is 0 Å². The first-order chi connectivity index (χ1) is 14.0. The summed E-state index contributed by atoms with van der Waals surface area (Å²) in [6.07, 6.45) is 7.06. The summed E-state index contributed by atoms with van der Waals surface area (Å²) in [5.41, 5.74) is 1.28. The van der Waals surface area contributed by atoms with Gasteiger partial charge in [-0.15, -0.1) is 0 Å². The van der Waals surface area contributed by atoms with Gasteiger partial charge in [0.2, 0.25) is 5.89 Å². The lowest BCUT2D eigenvalue weighted by atomic mass is 10.2. The highest BCUT2D eigenvalue weighted by atomic mass is 16.5. The second-order valence-electron chi connectivity index (χ2n) is 6.50. The third kappa shape index (κ3) is 7.07. The van der Waals surface area contributed by atoms with Crippen molar-refractivity contribution in [1.29, 1.82) is 0 Å². The van der Waals surface area contributed by atoms with Crippen LogP contribution in [0, 0.1) is 0 Å². The van der Waals surface area contributed by atoms with Gasteiger partial charge in [0, 0.05) is 17.4 Å². The molecule has 0 aliphatic carbocycles. The molecule has 0 spiro atoms. The molecule has 1 aromatic heterocycles.